The monoisotopic (exact) mass is 506 g/mol. The molecule has 5 aromatic rings. The second-order valence-electron chi connectivity index (χ2n) is 9.53. The van der Waals surface area contributed by atoms with Crippen LogP contribution in [0.5, 0.6) is 0 Å². The van der Waals surface area contributed by atoms with Gasteiger partial charge in [0.15, 0.2) is 0 Å². The molecule has 0 bridgehead atoms. The number of aromatic nitrogens is 2. The number of rotatable bonds is 6. The fourth-order valence-corrected chi connectivity index (χ4v) is 5.22. The molecule has 0 fully saturated rings. The van der Waals surface area contributed by atoms with Crippen LogP contribution in [0, 0.1) is 0 Å². The maximum absolute atomic E-state index is 5.27. The zero-order valence-corrected chi connectivity index (χ0v) is 22.0. The third kappa shape index (κ3) is 4.55. The third-order valence-electron chi connectivity index (χ3n) is 6.83. The second kappa shape index (κ2) is 10.6. The molecule has 0 saturated heterocycles. The Morgan fingerprint density at radius 1 is 0.676 bits per heavy atom. The van der Waals surface area contributed by atoms with E-state index in [2.05, 4.69) is 138 Å². The zero-order valence-electron chi connectivity index (χ0n) is 21.2. The number of hydrogen-bond donors (Lipinski definition) is 0. The lowest BCUT2D eigenvalue weighted by Crippen LogP contribution is -2.23. The molecule has 4 aromatic carbocycles. The summed E-state index contributed by atoms with van der Waals surface area (Å²) in [7, 11) is 4.28. The number of para-hydroxylation sites is 3. The summed E-state index contributed by atoms with van der Waals surface area (Å²) in [4.78, 5) is 4.75. The van der Waals surface area contributed by atoms with Gasteiger partial charge in [0.05, 0.1) is 17.1 Å². The molecule has 0 radical (unpaired) electrons. The number of anilines is 2. The molecular formula is C32H31ClN4. The highest BCUT2D eigenvalue weighted by Crippen LogP contribution is 2.51. The summed E-state index contributed by atoms with van der Waals surface area (Å²) in [6.07, 6.45) is 1.07. The van der Waals surface area contributed by atoms with E-state index in [1.807, 2.05) is 0 Å². The molecule has 1 aromatic heterocycles. The Kier molecular flexibility index (Phi) is 7.13. The Hall–Kier alpha value is -3.86. The summed E-state index contributed by atoms with van der Waals surface area (Å²) in [5.74, 6) is 0. The van der Waals surface area contributed by atoms with E-state index in [1.54, 1.807) is 0 Å². The zero-order chi connectivity index (χ0) is 24.5. The van der Waals surface area contributed by atoms with Gasteiger partial charge in [-0.15, -0.1) is 12.4 Å². The smallest absolute Gasteiger partial charge is 0.101 e. The highest BCUT2D eigenvalue weighted by atomic mass is 35.5. The van der Waals surface area contributed by atoms with Crippen LogP contribution in [0.2, 0.25) is 0 Å². The predicted octanol–water partition coefficient (Wildman–Crippen LogP) is 7.70. The van der Waals surface area contributed by atoms with Gasteiger partial charge in [-0.05, 0) is 51.3 Å². The van der Waals surface area contributed by atoms with Gasteiger partial charge in [-0.25, -0.2) is 4.68 Å². The third-order valence-corrected chi connectivity index (χ3v) is 6.83. The van der Waals surface area contributed by atoms with Crippen molar-refractivity contribution in [2.45, 2.75) is 6.42 Å². The molecule has 1 aliphatic rings. The van der Waals surface area contributed by atoms with Crippen LogP contribution in [-0.2, 0) is 0 Å². The number of halogens is 1. The Labute approximate surface area is 225 Å². The topological polar surface area (TPSA) is 24.3 Å². The van der Waals surface area contributed by atoms with Gasteiger partial charge in [0, 0.05) is 34.5 Å². The van der Waals surface area contributed by atoms with Gasteiger partial charge in [0.2, 0.25) is 0 Å². The average molecular weight is 507 g/mol. The van der Waals surface area contributed by atoms with Gasteiger partial charge < -0.3 is 9.80 Å². The molecule has 2 heterocycles. The lowest BCUT2D eigenvalue weighted by molar-refractivity contribution is 0.402. The van der Waals surface area contributed by atoms with Gasteiger partial charge >= 0.3 is 0 Å². The molecule has 0 saturated carbocycles. The molecule has 37 heavy (non-hydrogen) atoms. The lowest BCUT2D eigenvalue weighted by Gasteiger charge is -2.27. The van der Waals surface area contributed by atoms with Crippen LogP contribution in [0.15, 0.2) is 109 Å². The number of hydrogen-bond acceptors (Lipinski definition) is 3. The molecule has 0 unspecified atom stereocenters. The first-order valence-electron chi connectivity index (χ1n) is 12.6. The van der Waals surface area contributed by atoms with Gasteiger partial charge in [0.25, 0.3) is 0 Å². The van der Waals surface area contributed by atoms with Crippen LogP contribution in [0.1, 0.15) is 6.42 Å². The van der Waals surface area contributed by atoms with E-state index in [4.69, 9.17) is 5.10 Å². The average Bonchev–Trinajstić information content (AvgIpc) is 3.27. The van der Waals surface area contributed by atoms with Crippen molar-refractivity contribution in [1.29, 1.82) is 0 Å². The molecule has 6 rings (SSSR count). The SMILES string of the molecule is CN(C)CCCN1c2ccccc2-c2c(-c3ccccc3)nn(-c3ccccc3)c2-c2ccccc21.Cl. The Bertz CT molecular complexity index is 1390. The van der Waals surface area contributed by atoms with E-state index in [-0.39, 0.29) is 12.4 Å². The van der Waals surface area contributed by atoms with Crippen LogP contribution in [0.25, 0.3) is 39.3 Å². The van der Waals surface area contributed by atoms with Crippen LogP contribution in [-0.4, -0.2) is 41.9 Å². The molecular weight excluding hydrogens is 476 g/mol. The molecule has 0 N–H and O–H groups in total. The first-order chi connectivity index (χ1) is 17.7. The van der Waals surface area contributed by atoms with Crippen molar-refractivity contribution < 1.29 is 0 Å². The minimum Gasteiger partial charge on any atom is -0.340 e. The number of nitrogens with zero attached hydrogens (tertiary/aromatic N) is 4. The van der Waals surface area contributed by atoms with Crippen molar-refractivity contribution in [3.05, 3.63) is 109 Å². The van der Waals surface area contributed by atoms with Crippen molar-refractivity contribution in [3.8, 4) is 39.3 Å². The number of benzene rings is 4. The Morgan fingerprint density at radius 2 is 1.24 bits per heavy atom. The molecule has 0 aliphatic carbocycles. The number of fused-ring (bicyclic) bond motifs is 5. The van der Waals surface area contributed by atoms with E-state index < -0.39 is 0 Å². The molecule has 0 amide bonds. The van der Waals surface area contributed by atoms with Gasteiger partial charge in [-0.2, -0.15) is 5.10 Å². The normalized spacial score (nSPS) is 11.8. The van der Waals surface area contributed by atoms with Crippen molar-refractivity contribution in [1.82, 2.24) is 14.7 Å². The van der Waals surface area contributed by atoms with Crippen molar-refractivity contribution in [2.24, 2.45) is 0 Å². The van der Waals surface area contributed by atoms with Gasteiger partial charge in [-0.3, -0.25) is 0 Å². The first kappa shape index (κ1) is 24.8. The summed E-state index contributed by atoms with van der Waals surface area (Å²) < 4.78 is 2.14. The highest BCUT2D eigenvalue weighted by Gasteiger charge is 2.31. The Morgan fingerprint density at radius 3 is 1.92 bits per heavy atom. The molecule has 5 heteroatoms. The quantitative estimate of drug-likeness (QED) is 0.236. The molecule has 1 aliphatic heterocycles. The van der Waals surface area contributed by atoms with E-state index in [1.165, 1.54) is 28.1 Å². The van der Waals surface area contributed by atoms with Crippen molar-refractivity contribution >= 4 is 23.8 Å². The van der Waals surface area contributed by atoms with E-state index in [0.29, 0.717) is 0 Å². The Balaban J connectivity index is 0.00000280. The van der Waals surface area contributed by atoms with Crippen LogP contribution >= 0.6 is 12.4 Å². The van der Waals surface area contributed by atoms with Gasteiger partial charge in [-0.1, -0.05) is 84.9 Å². The van der Waals surface area contributed by atoms with Crippen molar-refractivity contribution in [3.63, 3.8) is 0 Å². The van der Waals surface area contributed by atoms with E-state index in [0.717, 1.165) is 42.1 Å². The summed E-state index contributed by atoms with van der Waals surface area (Å²) in [5.41, 5.74) is 10.4. The fourth-order valence-electron chi connectivity index (χ4n) is 5.22. The molecule has 0 atom stereocenters. The maximum Gasteiger partial charge on any atom is 0.101 e. The van der Waals surface area contributed by atoms with Gasteiger partial charge in [0.1, 0.15) is 5.69 Å². The van der Waals surface area contributed by atoms with Crippen LogP contribution < -0.4 is 4.90 Å². The molecule has 4 nitrogen and oxygen atoms in total. The maximum atomic E-state index is 5.27. The predicted molar refractivity (Wildman–Crippen MR) is 157 cm³/mol. The summed E-state index contributed by atoms with van der Waals surface area (Å²) in [6, 6.07) is 38.6. The first-order valence-corrected chi connectivity index (χ1v) is 12.6. The van der Waals surface area contributed by atoms with Crippen molar-refractivity contribution in [2.75, 3.05) is 32.1 Å². The second-order valence-corrected chi connectivity index (χ2v) is 9.53. The summed E-state index contributed by atoms with van der Waals surface area (Å²) in [6.45, 7) is 1.98. The summed E-state index contributed by atoms with van der Waals surface area (Å²) >= 11 is 0. The lowest BCUT2D eigenvalue weighted by atomic mass is 9.95. The minimum absolute atomic E-state index is 0. The molecule has 0 spiro atoms. The van der Waals surface area contributed by atoms with E-state index in [9.17, 15) is 0 Å². The fraction of sp³-hybridized carbons (Fsp3) is 0.156. The van der Waals surface area contributed by atoms with E-state index >= 15 is 0 Å². The molecule has 186 valence electrons. The van der Waals surface area contributed by atoms with Crippen LogP contribution in [0.3, 0.4) is 0 Å². The summed E-state index contributed by atoms with van der Waals surface area (Å²) in [5, 5.41) is 5.27. The van der Waals surface area contributed by atoms with Crippen LogP contribution in [0.4, 0.5) is 11.4 Å². The largest absolute Gasteiger partial charge is 0.340 e. The minimum atomic E-state index is 0. The highest BCUT2D eigenvalue weighted by molar-refractivity contribution is 6.03. The standard InChI is InChI=1S/C32H30N4.ClH/c1-34(2)22-13-23-35-28-20-11-9-18-26(28)30-31(24-14-5-3-6-15-24)33-36(25-16-7-4-8-17-25)32(30)27-19-10-12-21-29(27)35;/h3-12,14-21H,13,22-23H2,1-2H3;1H.